The Kier molecular flexibility index (Phi) is 6.21. The highest BCUT2D eigenvalue weighted by atomic mass is 35.5. The first-order chi connectivity index (χ1) is 13.0. The number of ether oxygens (including phenoxy) is 1. The molecule has 1 heterocycles. The number of nitrogens with zero attached hydrogens (tertiary/aromatic N) is 2. The predicted molar refractivity (Wildman–Crippen MR) is 99.6 cm³/mol. The largest absolute Gasteiger partial charge is 0.456 e. The molecule has 1 aromatic heterocycles. The van der Waals surface area contributed by atoms with Crippen LogP contribution in [0, 0.1) is 0 Å². The van der Waals surface area contributed by atoms with Crippen molar-refractivity contribution < 1.29 is 18.8 Å². The van der Waals surface area contributed by atoms with Crippen molar-refractivity contribution in [1.29, 1.82) is 0 Å². The SMILES string of the molecule is O=C(CCC(=O)c1ccc(Cl)cc1)OCc1nc(-c2ccc(Cl)cc2)no1. The standard InChI is InChI=1S/C19H14Cl2N2O4/c20-14-5-1-12(2-6-14)16(24)9-10-18(25)26-11-17-22-19(23-27-17)13-3-7-15(21)8-4-13/h1-8H,9-11H2. The summed E-state index contributed by atoms with van der Waals surface area (Å²) in [5, 5.41) is 4.98. The van der Waals surface area contributed by atoms with Gasteiger partial charge in [-0.3, -0.25) is 9.59 Å². The number of hydrogen-bond acceptors (Lipinski definition) is 6. The molecule has 0 unspecified atom stereocenters. The normalized spacial score (nSPS) is 10.6. The summed E-state index contributed by atoms with van der Waals surface area (Å²) >= 11 is 11.6. The molecule has 0 spiro atoms. The van der Waals surface area contributed by atoms with E-state index in [-0.39, 0.29) is 31.1 Å². The molecule has 3 aromatic rings. The van der Waals surface area contributed by atoms with Crippen molar-refractivity contribution >= 4 is 35.0 Å². The summed E-state index contributed by atoms with van der Waals surface area (Å²) in [7, 11) is 0. The van der Waals surface area contributed by atoms with Crippen LogP contribution in [0.2, 0.25) is 10.0 Å². The molecule has 2 aromatic carbocycles. The van der Waals surface area contributed by atoms with Gasteiger partial charge in [-0.1, -0.05) is 28.4 Å². The summed E-state index contributed by atoms with van der Waals surface area (Å²) < 4.78 is 10.1. The zero-order valence-electron chi connectivity index (χ0n) is 14.0. The van der Waals surface area contributed by atoms with Crippen LogP contribution in [0.25, 0.3) is 11.4 Å². The van der Waals surface area contributed by atoms with Gasteiger partial charge >= 0.3 is 5.97 Å². The van der Waals surface area contributed by atoms with Crippen molar-refractivity contribution in [2.24, 2.45) is 0 Å². The third-order valence-electron chi connectivity index (χ3n) is 3.65. The number of esters is 1. The number of Topliss-reactive ketones (excluding diaryl/α,β-unsaturated/α-hetero) is 1. The van der Waals surface area contributed by atoms with Gasteiger partial charge in [0.25, 0.3) is 5.89 Å². The maximum absolute atomic E-state index is 12.0. The van der Waals surface area contributed by atoms with Crippen LogP contribution in [0.15, 0.2) is 53.1 Å². The maximum atomic E-state index is 12.0. The van der Waals surface area contributed by atoms with Crippen molar-refractivity contribution in [3.63, 3.8) is 0 Å². The maximum Gasteiger partial charge on any atom is 0.306 e. The molecule has 0 aliphatic carbocycles. The lowest BCUT2D eigenvalue weighted by Crippen LogP contribution is -2.08. The minimum atomic E-state index is -0.524. The number of carbonyl (C=O) groups excluding carboxylic acids is 2. The number of carbonyl (C=O) groups is 2. The van der Waals surface area contributed by atoms with Gasteiger partial charge in [-0.15, -0.1) is 0 Å². The lowest BCUT2D eigenvalue weighted by molar-refractivity contribution is -0.145. The van der Waals surface area contributed by atoms with Gasteiger partial charge < -0.3 is 9.26 Å². The van der Waals surface area contributed by atoms with E-state index in [4.69, 9.17) is 32.5 Å². The molecule has 0 atom stereocenters. The van der Waals surface area contributed by atoms with E-state index in [0.717, 1.165) is 5.56 Å². The molecular formula is C19H14Cl2N2O4. The van der Waals surface area contributed by atoms with Gasteiger partial charge in [-0.2, -0.15) is 4.98 Å². The first kappa shape index (κ1) is 19.1. The van der Waals surface area contributed by atoms with E-state index < -0.39 is 5.97 Å². The zero-order chi connectivity index (χ0) is 19.2. The molecule has 0 aliphatic rings. The fourth-order valence-corrected chi connectivity index (χ4v) is 2.49. The van der Waals surface area contributed by atoms with Gasteiger partial charge in [0.1, 0.15) is 0 Å². The van der Waals surface area contributed by atoms with Crippen molar-refractivity contribution in [1.82, 2.24) is 10.1 Å². The second-order valence-electron chi connectivity index (χ2n) is 5.61. The van der Waals surface area contributed by atoms with Crippen LogP contribution in [0.4, 0.5) is 0 Å². The summed E-state index contributed by atoms with van der Waals surface area (Å²) in [5.74, 6) is -0.150. The van der Waals surface area contributed by atoms with Gasteiger partial charge in [0.05, 0.1) is 6.42 Å². The van der Waals surface area contributed by atoms with Crippen molar-refractivity contribution in [2.45, 2.75) is 19.4 Å². The Hall–Kier alpha value is -2.70. The molecule has 3 rings (SSSR count). The summed E-state index contributed by atoms with van der Waals surface area (Å²) in [6, 6.07) is 13.4. The lowest BCUT2D eigenvalue weighted by Gasteiger charge is -2.02. The topological polar surface area (TPSA) is 82.3 Å². The number of halogens is 2. The van der Waals surface area contributed by atoms with Gasteiger partial charge in [0.2, 0.25) is 5.82 Å². The van der Waals surface area contributed by atoms with E-state index in [9.17, 15) is 9.59 Å². The summed E-state index contributed by atoms with van der Waals surface area (Å²) in [4.78, 5) is 28.0. The zero-order valence-corrected chi connectivity index (χ0v) is 15.5. The minimum Gasteiger partial charge on any atom is -0.456 e. The Morgan fingerprint density at radius 2 is 1.56 bits per heavy atom. The molecule has 0 bridgehead atoms. The van der Waals surface area contributed by atoms with Crippen molar-refractivity contribution in [3.05, 3.63) is 70.0 Å². The molecule has 27 heavy (non-hydrogen) atoms. The third kappa shape index (κ3) is 5.39. The molecule has 0 saturated carbocycles. The Labute approximate surface area is 165 Å². The molecule has 0 N–H and O–H groups in total. The van der Waals surface area contributed by atoms with Crippen LogP contribution >= 0.6 is 23.2 Å². The molecule has 0 saturated heterocycles. The quantitative estimate of drug-likeness (QED) is 0.417. The smallest absolute Gasteiger partial charge is 0.306 e. The average molecular weight is 405 g/mol. The van der Waals surface area contributed by atoms with Crippen molar-refractivity contribution in [3.8, 4) is 11.4 Å². The van der Waals surface area contributed by atoms with Crippen LogP contribution in [-0.2, 0) is 16.1 Å². The van der Waals surface area contributed by atoms with E-state index >= 15 is 0 Å². The van der Waals surface area contributed by atoms with Crippen LogP contribution in [0.5, 0.6) is 0 Å². The number of ketones is 1. The molecule has 138 valence electrons. The molecule has 0 amide bonds. The fraction of sp³-hybridized carbons (Fsp3) is 0.158. The lowest BCUT2D eigenvalue weighted by atomic mass is 10.1. The monoisotopic (exact) mass is 404 g/mol. The summed E-state index contributed by atoms with van der Waals surface area (Å²) in [6.45, 7) is -0.158. The Morgan fingerprint density at radius 1 is 0.926 bits per heavy atom. The van der Waals surface area contributed by atoms with Gasteiger partial charge in [-0.25, -0.2) is 0 Å². The first-order valence-corrected chi connectivity index (χ1v) is 8.80. The molecule has 6 nitrogen and oxygen atoms in total. The Balaban J connectivity index is 1.47. The van der Waals surface area contributed by atoms with E-state index in [1.54, 1.807) is 48.5 Å². The molecule has 0 radical (unpaired) electrons. The van der Waals surface area contributed by atoms with E-state index in [1.807, 2.05) is 0 Å². The van der Waals surface area contributed by atoms with Crippen LogP contribution < -0.4 is 0 Å². The van der Waals surface area contributed by atoms with Gasteiger partial charge in [-0.05, 0) is 48.5 Å². The van der Waals surface area contributed by atoms with Crippen LogP contribution in [-0.4, -0.2) is 21.9 Å². The highest BCUT2D eigenvalue weighted by Gasteiger charge is 2.13. The van der Waals surface area contributed by atoms with Gasteiger partial charge in [0.15, 0.2) is 12.4 Å². The molecule has 0 aliphatic heterocycles. The highest BCUT2D eigenvalue weighted by Crippen LogP contribution is 2.19. The van der Waals surface area contributed by atoms with E-state index in [1.165, 1.54) is 0 Å². The molecular weight excluding hydrogens is 391 g/mol. The second kappa shape index (κ2) is 8.79. The number of aromatic nitrogens is 2. The average Bonchev–Trinajstić information content (AvgIpc) is 3.14. The molecule has 8 heteroatoms. The first-order valence-electron chi connectivity index (χ1n) is 8.04. The van der Waals surface area contributed by atoms with E-state index in [2.05, 4.69) is 10.1 Å². The minimum absolute atomic E-state index is 0.0420. The third-order valence-corrected chi connectivity index (χ3v) is 4.15. The predicted octanol–water partition coefficient (Wildman–Crippen LogP) is 4.75. The Bertz CT molecular complexity index is 937. The number of hydrogen-bond donors (Lipinski definition) is 0. The second-order valence-corrected chi connectivity index (χ2v) is 6.48. The summed E-state index contributed by atoms with van der Waals surface area (Å²) in [5.41, 5.74) is 1.23. The number of rotatable bonds is 7. The summed E-state index contributed by atoms with van der Waals surface area (Å²) in [6.07, 6.45) is -0.0000375. The fourth-order valence-electron chi connectivity index (χ4n) is 2.24. The highest BCUT2D eigenvalue weighted by molar-refractivity contribution is 6.30. The number of benzene rings is 2. The Morgan fingerprint density at radius 3 is 2.22 bits per heavy atom. The van der Waals surface area contributed by atoms with Crippen LogP contribution in [0.3, 0.4) is 0 Å². The molecule has 0 fully saturated rings. The van der Waals surface area contributed by atoms with Crippen molar-refractivity contribution in [2.75, 3.05) is 0 Å². The van der Waals surface area contributed by atoms with Crippen LogP contribution in [0.1, 0.15) is 29.1 Å². The van der Waals surface area contributed by atoms with Gasteiger partial charge in [0, 0.05) is 27.6 Å². The van der Waals surface area contributed by atoms with E-state index in [0.29, 0.717) is 21.4 Å².